The van der Waals surface area contributed by atoms with Gasteiger partial charge in [0.25, 0.3) is 5.91 Å². The molecule has 3 rings (SSSR count). The lowest BCUT2D eigenvalue weighted by molar-refractivity contribution is -0.141. The number of aromatic nitrogens is 5. The van der Waals surface area contributed by atoms with Gasteiger partial charge >= 0.3 is 6.18 Å². The molecule has 0 saturated carbocycles. The van der Waals surface area contributed by atoms with Crippen molar-refractivity contribution in [2.24, 2.45) is 14.1 Å². The maximum atomic E-state index is 12.8. The van der Waals surface area contributed by atoms with Gasteiger partial charge in [-0.15, -0.1) is 0 Å². The Bertz CT molecular complexity index is 1020. The number of alkyl halides is 3. The molecule has 28 heavy (non-hydrogen) atoms. The lowest BCUT2D eigenvalue weighted by Crippen LogP contribution is -2.29. The van der Waals surface area contributed by atoms with Crippen molar-refractivity contribution < 1.29 is 18.0 Å². The Kier molecular flexibility index (Phi) is 4.97. The van der Waals surface area contributed by atoms with Crippen LogP contribution in [0, 0.1) is 6.92 Å². The van der Waals surface area contributed by atoms with E-state index in [1.807, 2.05) is 25.1 Å². The zero-order chi connectivity index (χ0) is 20.6. The average Bonchev–Trinajstić information content (AvgIpc) is 3.18. The number of nitrogens with zero attached hydrogens (tertiary/aromatic N) is 5. The third-order valence-corrected chi connectivity index (χ3v) is 4.26. The van der Waals surface area contributed by atoms with Gasteiger partial charge in [-0.25, -0.2) is 0 Å². The highest BCUT2D eigenvalue weighted by Crippen LogP contribution is 2.28. The molecular weight excluding hydrogens is 373 g/mol. The zero-order valence-corrected chi connectivity index (χ0v) is 15.7. The van der Waals surface area contributed by atoms with E-state index in [0.29, 0.717) is 17.1 Å². The van der Waals surface area contributed by atoms with E-state index >= 15 is 0 Å². The molecule has 10 heteroatoms. The maximum Gasteiger partial charge on any atom is 0.435 e. The minimum absolute atomic E-state index is 0.179. The highest BCUT2D eigenvalue weighted by Gasteiger charge is 2.35. The van der Waals surface area contributed by atoms with Crippen molar-refractivity contribution in [2.45, 2.75) is 26.1 Å². The summed E-state index contributed by atoms with van der Waals surface area (Å²) < 4.78 is 40.9. The Morgan fingerprint density at radius 2 is 1.82 bits per heavy atom. The van der Waals surface area contributed by atoms with Gasteiger partial charge in [-0.1, -0.05) is 6.07 Å². The Balaban J connectivity index is 1.81. The predicted molar refractivity (Wildman–Crippen MR) is 95.3 cm³/mol. The number of carbonyl (C=O) groups is 1. The second-order valence-corrected chi connectivity index (χ2v) is 6.47. The molecule has 3 aromatic rings. The van der Waals surface area contributed by atoms with Crippen molar-refractivity contribution >= 4 is 5.91 Å². The van der Waals surface area contributed by atoms with E-state index in [2.05, 4.69) is 20.5 Å². The smallest absolute Gasteiger partial charge is 0.343 e. The van der Waals surface area contributed by atoms with E-state index in [4.69, 9.17) is 0 Å². The molecule has 7 nitrogen and oxygen atoms in total. The molecule has 3 heterocycles. The van der Waals surface area contributed by atoms with Crippen LogP contribution in [0.3, 0.4) is 0 Å². The topological polar surface area (TPSA) is 77.6 Å². The fourth-order valence-electron chi connectivity index (χ4n) is 2.86. The van der Waals surface area contributed by atoms with Crippen molar-refractivity contribution in [3.8, 4) is 11.4 Å². The highest BCUT2D eigenvalue weighted by molar-refractivity contribution is 5.93. The van der Waals surface area contributed by atoms with Crippen molar-refractivity contribution in [1.29, 1.82) is 0 Å². The van der Waals surface area contributed by atoms with Gasteiger partial charge in [-0.05, 0) is 32.0 Å². The third kappa shape index (κ3) is 3.90. The molecule has 1 atom stereocenters. The first-order valence-electron chi connectivity index (χ1n) is 8.46. The molecule has 0 saturated heterocycles. The molecule has 148 valence electrons. The van der Waals surface area contributed by atoms with Gasteiger partial charge in [0.15, 0.2) is 5.69 Å². The van der Waals surface area contributed by atoms with Gasteiger partial charge in [0, 0.05) is 25.9 Å². The van der Waals surface area contributed by atoms with Crippen LogP contribution in [0.1, 0.15) is 40.5 Å². The van der Waals surface area contributed by atoms with Crippen molar-refractivity contribution in [2.75, 3.05) is 0 Å². The number of hydrogen-bond donors (Lipinski definition) is 1. The second kappa shape index (κ2) is 7.10. The van der Waals surface area contributed by atoms with Gasteiger partial charge in [0.2, 0.25) is 0 Å². The summed E-state index contributed by atoms with van der Waals surface area (Å²) in [6.45, 7) is 3.60. The molecule has 0 aliphatic carbocycles. The normalized spacial score (nSPS) is 12.8. The summed E-state index contributed by atoms with van der Waals surface area (Å²) >= 11 is 0. The second-order valence-electron chi connectivity index (χ2n) is 6.47. The van der Waals surface area contributed by atoms with Crippen LogP contribution in [-0.2, 0) is 20.3 Å². The number of aryl methyl sites for hydroxylation is 3. The molecular formula is C18H19F3N6O. The van der Waals surface area contributed by atoms with Gasteiger partial charge < -0.3 is 5.32 Å². The summed E-state index contributed by atoms with van der Waals surface area (Å²) in [4.78, 5) is 16.9. The number of rotatable bonds is 4. The summed E-state index contributed by atoms with van der Waals surface area (Å²) in [5.74, 6) is -0.658. The average molecular weight is 392 g/mol. The molecule has 0 bridgehead atoms. The SMILES string of the molecule is Cc1cccc(-c2cc(C(C)NC(=O)c3cc(C(F)(F)F)nn3C)n(C)n2)n1. The molecule has 0 fully saturated rings. The first kappa shape index (κ1) is 19.6. The van der Waals surface area contributed by atoms with Crippen molar-refractivity contribution in [1.82, 2.24) is 29.9 Å². The van der Waals surface area contributed by atoms with E-state index in [1.54, 1.807) is 24.7 Å². The zero-order valence-electron chi connectivity index (χ0n) is 15.7. The molecule has 0 radical (unpaired) electrons. The van der Waals surface area contributed by atoms with Gasteiger partial charge in [-0.3, -0.25) is 19.1 Å². The molecule has 3 aromatic heterocycles. The molecule has 1 N–H and O–H groups in total. The number of halogens is 3. The molecule has 0 spiro atoms. The van der Waals surface area contributed by atoms with Crippen LogP contribution in [0.2, 0.25) is 0 Å². The monoisotopic (exact) mass is 392 g/mol. The summed E-state index contributed by atoms with van der Waals surface area (Å²) in [7, 11) is 3.02. The van der Waals surface area contributed by atoms with Crippen molar-refractivity contribution in [3.05, 3.63) is 53.1 Å². The van der Waals surface area contributed by atoms with Crippen LogP contribution in [-0.4, -0.2) is 30.5 Å². The van der Waals surface area contributed by atoms with Crippen LogP contribution < -0.4 is 5.32 Å². The van der Waals surface area contributed by atoms with E-state index in [9.17, 15) is 18.0 Å². The Hall–Kier alpha value is -3.17. The number of nitrogens with one attached hydrogen (secondary N) is 1. The maximum absolute atomic E-state index is 12.8. The first-order valence-corrected chi connectivity index (χ1v) is 8.46. The van der Waals surface area contributed by atoms with Crippen LogP contribution in [0.5, 0.6) is 0 Å². The van der Waals surface area contributed by atoms with E-state index < -0.39 is 23.8 Å². The van der Waals surface area contributed by atoms with E-state index in [0.717, 1.165) is 16.4 Å². The third-order valence-electron chi connectivity index (χ3n) is 4.26. The number of carbonyl (C=O) groups excluding carboxylic acids is 1. The molecule has 1 amide bonds. The van der Waals surface area contributed by atoms with Gasteiger partial charge in [-0.2, -0.15) is 23.4 Å². The minimum atomic E-state index is -4.61. The number of hydrogen-bond acceptors (Lipinski definition) is 4. The lowest BCUT2D eigenvalue weighted by atomic mass is 10.2. The molecule has 0 aliphatic rings. The van der Waals surface area contributed by atoms with Crippen molar-refractivity contribution in [3.63, 3.8) is 0 Å². The van der Waals surface area contributed by atoms with Crippen LogP contribution >= 0.6 is 0 Å². The lowest BCUT2D eigenvalue weighted by Gasteiger charge is -2.14. The summed E-state index contributed by atoms with van der Waals surface area (Å²) in [6.07, 6.45) is -4.61. The van der Waals surface area contributed by atoms with E-state index in [1.165, 1.54) is 7.05 Å². The number of amides is 1. The van der Waals surface area contributed by atoms with E-state index in [-0.39, 0.29) is 5.69 Å². The summed E-state index contributed by atoms with van der Waals surface area (Å²) in [5.41, 5.74) is 1.58. The Labute approximate surface area is 159 Å². The predicted octanol–water partition coefficient (Wildman–Crippen LogP) is 3.03. The van der Waals surface area contributed by atoms with Gasteiger partial charge in [0.05, 0.1) is 17.4 Å². The van der Waals surface area contributed by atoms with Crippen LogP contribution in [0.15, 0.2) is 30.3 Å². The van der Waals surface area contributed by atoms with Gasteiger partial charge in [0.1, 0.15) is 11.4 Å². The molecule has 1 unspecified atom stereocenters. The summed E-state index contributed by atoms with van der Waals surface area (Å²) in [5, 5.41) is 10.5. The van der Waals surface area contributed by atoms with Crippen LogP contribution in [0.4, 0.5) is 13.2 Å². The molecule has 0 aromatic carbocycles. The largest absolute Gasteiger partial charge is 0.435 e. The highest BCUT2D eigenvalue weighted by atomic mass is 19.4. The molecule has 0 aliphatic heterocycles. The van der Waals surface area contributed by atoms with Crippen LogP contribution in [0.25, 0.3) is 11.4 Å². The fourth-order valence-corrected chi connectivity index (χ4v) is 2.86. The standard InChI is InChI=1S/C18H19F3N6O/c1-10-6-5-7-12(22-10)13-8-14(26(3)24-13)11(2)23-17(28)15-9-16(18(19,20)21)25-27(15)4/h5-9,11H,1-4H3,(H,23,28). The fraction of sp³-hybridized carbons (Fsp3) is 0.333. The summed E-state index contributed by atoms with van der Waals surface area (Å²) in [6, 6.07) is 7.60. The first-order chi connectivity index (χ1) is 13.1. The minimum Gasteiger partial charge on any atom is -0.343 e. The Morgan fingerprint density at radius 3 is 2.43 bits per heavy atom. The quantitative estimate of drug-likeness (QED) is 0.740. The number of pyridine rings is 1. The Morgan fingerprint density at radius 1 is 1.11 bits per heavy atom.